The predicted molar refractivity (Wildman–Crippen MR) is 320 cm³/mol. The Balaban J connectivity index is 0.901. The summed E-state index contributed by atoms with van der Waals surface area (Å²) in [5, 5.41) is 2.27. The van der Waals surface area contributed by atoms with Gasteiger partial charge in [-0.25, -0.2) is 0 Å². The van der Waals surface area contributed by atoms with Gasteiger partial charge in [0.25, 0.3) is 0 Å². The first-order valence-electron chi connectivity index (χ1n) is 26.3. The largest absolute Gasteiger partial charge is 0.456 e. The Morgan fingerprint density at radius 1 is 0.260 bits per heavy atom. The highest BCUT2D eigenvalue weighted by atomic mass is 16.3. The van der Waals surface area contributed by atoms with E-state index in [1.54, 1.807) is 0 Å². The Labute approximate surface area is 449 Å². The zero-order valence-corrected chi connectivity index (χ0v) is 43.4. The van der Waals surface area contributed by atoms with Crippen LogP contribution >= 0.6 is 0 Å². The molecule has 0 aliphatic carbocycles. The third-order valence-electron chi connectivity index (χ3n) is 15.1. The molecule has 13 rings (SSSR count). The van der Waals surface area contributed by atoms with Crippen LogP contribution in [0, 0.1) is 27.7 Å². The SMILES string of the molecule is Cc1ccc(-c2ccc(-c3ccccc3-c3cc(-c4ccccc4-c4ccc(-c5cc(C)ccn5)cc4)cc(-c4ccccc4-c4ccc(-c5cc(-c6cc7oc8ccccc8c7cc6C)c(C)cn5)cc4)c3)cc2)nc1. The van der Waals surface area contributed by atoms with Crippen LogP contribution in [0.1, 0.15) is 22.3 Å². The number of benzene rings is 9. The van der Waals surface area contributed by atoms with Crippen molar-refractivity contribution in [3.8, 4) is 112 Å². The van der Waals surface area contributed by atoms with Gasteiger partial charge >= 0.3 is 0 Å². The van der Waals surface area contributed by atoms with Crippen molar-refractivity contribution in [1.29, 1.82) is 0 Å². The number of fused-ring (bicyclic) bond motifs is 3. The van der Waals surface area contributed by atoms with Crippen molar-refractivity contribution in [3.63, 3.8) is 0 Å². The normalized spacial score (nSPS) is 11.4. The van der Waals surface area contributed by atoms with Crippen molar-refractivity contribution in [2.75, 3.05) is 0 Å². The molecule has 0 fully saturated rings. The zero-order valence-electron chi connectivity index (χ0n) is 43.4. The molecule has 0 aliphatic heterocycles. The molecule has 0 spiro atoms. The van der Waals surface area contributed by atoms with Gasteiger partial charge in [-0.1, -0.05) is 170 Å². The molecule has 0 unspecified atom stereocenters. The van der Waals surface area contributed by atoms with Gasteiger partial charge in [0.1, 0.15) is 11.2 Å². The first-order chi connectivity index (χ1) is 37.8. The summed E-state index contributed by atoms with van der Waals surface area (Å²) in [7, 11) is 0. The number of hydrogen-bond acceptors (Lipinski definition) is 4. The summed E-state index contributed by atoms with van der Waals surface area (Å²) >= 11 is 0. The van der Waals surface area contributed by atoms with Crippen molar-refractivity contribution < 1.29 is 4.42 Å². The quantitative estimate of drug-likeness (QED) is 0.137. The standard InChI is InChI=1S/C73H53N3O/c1-46-35-36-74-70(37-46)54-30-24-51(25-31-54)60-14-6-9-17-63(60)57-39-56(62-16-8-5-13-59(62)50-22-28-53(29-23-50)69-34-21-47(2)44-75-69)40-58(41-57)64-18-10-7-15-61(64)52-26-32-55(33-27-52)71-42-66(49(4)45-76-71)67-43-73-68(38-48(67)3)65-19-11-12-20-72(65)77-73/h5-45H,1-4H3. The first kappa shape index (κ1) is 47.0. The maximum atomic E-state index is 6.35. The molecule has 77 heavy (non-hydrogen) atoms. The van der Waals surface area contributed by atoms with Gasteiger partial charge in [-0.2, -0.15) is 0 Å². The minimum Gasteiger partial charge on any atom is -0.456 e. The fourth-order valence-electron chi connectivity index (χ4n) is 11.0. The average molecular weight is 988 g/mol. The van der Waals surface area contributed by atoms with Crippen LogP contribution in [0.25, 0.3) is 134 Å². The molecule has 0 atom stereocenters. The van der Waals surface area contributed by atoms with Crippen molar-refractivity contribution in [1.82, 2.24) is 15.0 Å². The number of nitrogens with zero attached hydrogens (tertiary/aromatic N) is 3. The number of aryl methyl sites for hydroxylation is 4. The summed E-state index contributed by atoms with van der Waals surface area (Å²) in [5.74, 6) is 0. The molecule has 13 aromatic rings. The Morgan fingerprint density at radius 3 is 1.21 bits per heavy atom. The second kappa shape index (κ2) is 19.8. The molecule has 4 nitrogen and oxygen atoms in total. The molecule has 4 heterocycles. The molecule has 9 aromatic carbocycles. The lowest BCUT2D eigenvalue weighted by molar-refractivity contribution is 0.669. The molecule has 4 heteroatoms. The van der Waals surface area contributed by atoms with Gasteiger partial charge in [0.2, 0.25) is 0 Å². The molecule has 0 amide bonds. The van der Waals surface area contributed by atoms with E-state index >= 15 is 0 Å². The van der Waals surface area contributed by atoms with Crippen LogP contribution in [0.4, 0.5) is 0 Å². The van der Waals surface area contributed by atoms with E-state index in [0.29, 0.717) is 0 Å². The summed E-state index contributed by atoms with van der Waals surface area (Å²) in [6.07, 6.45) is 5.80. The van der Waals surface area contributed by atoms with Crippen molar-refractivity contribution in [2.45, 2.75) is 27.7 Å². The molecule has 0 aliphatic rings. The molecular weight excluding hydrogens is 935 g/mol. The topological polar surface area (TPSA) is 51.8 Å². The number of hydrogen-bond donors (Lipinski definition) is 0. The van der Waals surface area contributed by atoms with Crippen LogP contribution in [0.15, 0.2) is 254 Å². The van der Waals surface area contributed by atoms with E-state index < -0.39 is 0 Å². The molecule has 0 bridgehead atoms. The Kier molecular flexibility index (Phi) is 12.1. The number of pyridine rings is 3. The predicted octanol–water partition coefficient (Wildman–Crippen LogP) is 19.7. The van der Waals surface area contributed by atoms with E-state index in [1.807, 2.05) is 36.8 Å². The second-order valence-electron chi connectivity index (χ2n) is 20.3. The molecule has 0 saturated heterocycles. The highest BCUT2D eigenvalue weighted by Crippen LogP contribution is 2.44. The minimum atomic E-state index is 0.891. The molecule has 366 valence electrons. The molecule has 4 aromatic heterocycles. The van der Waals surface area contributed by atoms with Gasteiger partial charge in [0.15, 0.2) is 0 Å². The van der Waals surface area contributed by atoms with Gasteiger partial charge in [0, 0.05) is 46.1 Å². The second-order valence-corrected chi connectivity index (χ2v) is 20.3. The lowest BCUT2D eigenvalue weighted by Gasteiger charge is -2.18. The fourth-order valence-corrected chi connectivity index (χ4v) is 11.0. The minimum absolute atomic E-state index is 0.891. The molecule has 0 saturated carbocycles. The highest BCUT2D eigenvalue weighted by Gasteiger charge is 2.18. The average Bonchev–Trinajstić information content (AvgIpc) is 3.85. The summed E-state index contributed by atoms with van der Waals surface area (Å²) < 4.78 is 6.35. The van der Waals surface area contributed by atoms with E-state index in [1.165, 1.54) is 11.1 Å². The third kappa shape index (κ3) is 9.11. The van der Waals surface area contributed by atoms with Crippen molar-refractivity contribution in [2.24, 2.45) is 0 Å². The van der Waals surface area contributed by atoms with Crippen LogP contribution in [0.2, 0.25) is 0 Å². The summed E-state index contributed by atoms with van der Waals surface area (Å²) in [6, 6.07) is 83.3. The fraction of sp³-hybridized carbons (Fsp3) is 0.0548. The first-order valence-corrected chi connectivity index (χ1v) is 26.3. The summed E-state index contributed by atoms with van der Waals surface area (Å²) in [6.45, 7) is 8.50. The van der Waals surface area contributed by atoms with Crippen molar-refractivity contribution in [3.05, 3.63) is 271 Å². The van der Waals surface area contributed by atoms with E-state index in [-0.39, 0.29) is 0 Å². The lowest BCUT2D eigenvalue weighted by Crippen LogP contribution is -1.93. The van der Waals surface area contributed by atoms with Gasteiger partial charge in [0.05, 0.1) is 17.1 Å². The Morgan fingerprint density at radius 2 is 0.701 bits per heavy atom. The molecule has 0 N–H and O–H groups in total. The summed E-state index contributed by atoms with van der Waals surface area (Å²) in [5.41, 5.74) is 28.6. The number of para-hydroxylation sites is 1. The van der Waals surface area contributed by atoms with Gasteiger partial charge in [-0.3, -0.25) is 15.0 Å². The van der Waals surface area contributed by atoms with Gasteiger partial charge < -0.3 is 4.42 Å². The number of furan rings is 1. The Hall–Kier alpha value is -9.77. The zero-order chi connectivity index (χ0) is 52.0. The smallest absolute Gasteiger partial charge is 0.136 e. The lowest BCUT2D eigenvalue weighted by atomic mass is 9.86. The number of rotatable bonds is 10. The molecular formula is C73H53N3O. The van der Waals surface area contributed by atoms with E-state index in [0.717, 1.165) is 145 Å². The Bertz CT molecular complexity index is 4340. The maximum Gasteiger partial charge on any atom is 0.136 e. The van der Waals surface area contributed by atoms with Crippen LogP contribution in [0.3, 0.4) is 0 Å². The summed E-state index contributed by atoms with van der Waals surface area (Å²) in [4.78, 5) is 14.4. The highest BCUT2D eigenvalue weighted by molar-refractivity contribution is 6.06. The van der Waals surface area contributed by atoms with Crippen LogP contribution in [-0.4, -0.2) is 15.0 Å². The van der Waals surface area contributed by atoms with Gasteiger partial charge in [-0.15, -0.1) is 0 Å². The van der Waals surface area contributed by atoms with Gasteiger partial charge in [-0.05, 0) is 189 Å². The van der Waals surface area contributed by atoms with Crippen LogP contribution < -0.4 is 0 Å². The monoisotopic (exact) mass is 987 g/mol. The van der Waals surface area contributed by atoms with Crippen LogP contribution in [-0.2, 0) is 0 Å². The molecule has 0 radical (unpaired) electrons. The van der Waals surface area contributed by atoms with Crippen LogP contribution in [0.5, 0.6) is 0 Å². The third-order valence-corrected chi connectivity index (χ3v) is 15.1. The van der Waals surface area contributed by atoms with E-state index in [4.69, 9.17) is 14.4 Å². The van der Waals surface area contributed by atoms with E-state index in [9.17, 15) is 0 Å². The van der Waals surface area contributed by atoms with E-state index in [2.05, 4.69) is 245 Å². The number of aromatic nitrogens is 3. The van der Waals surface area contributed by atoms with Crippen molar-refractivity contribution >= 4 is 21.9 Å². The maximum absolute atomic E-state index is 6.35.